The number of carboxylic acid groups (broad SMARTS) is 1. The molecular weight excluding hydrogens is 527 g/mol. The molecule has 0 bridgehead atoms. The Bertz CT molecular complexity index is 1630. The lowest BCUT2D eigenvalue weighted by Crippen LogP contribution is -2.54. The summed E-state index contributed by atoms with van der Waals surface area (Å²) in [5.74, 6) is -4.71. The molecule has 0 radical (unpaired) electrons. The second-order valence-corrected chi connectivity index (χ2v) is 11.0. The third-order valence-electron chi connectivity index (χ3n) is 7.68. The highest BCUT2D eigenvalue weighted by Crippen LogP contribution is 2.57. The smallest absolute Gasteiger partial charge is 0.330 e. The number of halogens is 1. The molecule has 0 spiro atoms. The van der Waals surface area contributed by atoms with Gasteiger partial charge in [0.2, 0.25) is 0 Å². The lowest BCUT2D eigenvalue weighted by Gasteiger charge is -2.37. The fourth-order valence-electron chi connectivity index (χ4n) is 5.82. The third kappa shape index (κ3) is 4.48. The van der Waals surface area contributed by atoms with Crippen molar-refractivity contribution in [1.29, 1.82) is 5.26 Å². The summed E-state index contributed by atoms with van der Waals surface area (Å²) in [6.45, 7) is 3.31. The van der Waals surface area contributed by atoms with Crippen LogP contribution in [-0.4, -0.2) is 33.2 Å². The summed E-state index contributed by atoms with van der Waals surface area (Å²) >= 11 is 1.18. The number of amides is 1. The number of thiophene rings is 1. The van der Waals surface area contributed by atoms with Gasteiger partial charge in [0.1, 0.15) is 11.4 Å². The molecule has 0 saturated carbocycles. The zero-order chi connectivity index (χ0) is 28.6. The van der Waals surface area contributed by atoms with Gasteiger partial charge in [0.15, 0.2) is 5.78 Å². The highest BCUT2D eigenvalue weighted by atomic mass is 32.1. The Morgan fingerprint density at radius 1 is 0.975 bits per heavy atom. The lowest BCUT2D eigenvalue weighted by molar-refractivity contribution is -0.148. The van der Waals surface area contributed by atoms with Crippen molar-refractivity contribution in [3.8, 4) is 6.07 Å². The van der Waals surface area contributed by atoms with E-state index in [0.717, 1.165) is 5.56 Å². The molecule has 40 heavy (non-hydrogen) atoms. The Labute approximate surface area is 234 Å². The normalized spacial score (nSPS) is 22.1. The van der Waals surface area contributed by atoms with E-state index in [1.807, 2.05) is 13.0 Å². The summed E-state index contributed by atoms with van der Waals surface area (Å²) in [6, 6.07) is 23.3. The van der Waals surface area contributed by atoms with Crippen molar-refractivity contribution in [2.45, 2.75) is 31.3 Å². The molecule has 1 aromatic heterocycles. The molecular formula is C32H25FN2O4S. The standard InChI is InChI=1S/C32H25FN2O4S/c1-19-5-3-6-23(17-19)29(36)26-27(21-12-14-24(33)15-13-21)32(2,31(38)39)35(30(37)25-7-4-16-40-25)28(26)22-10-8-20(18-34)9-11-22/h3-17,26-28H,1-2H3,(H,38,39). The van der Waals surface area contributed by atoms with Gasteiger partial charge in [-0.2, -0.15) is 5.26 Å². The van der Waals surface area contributed by atoms with E-state index in [-0.39, 0.29) is 5.78 Å². The molecule has 2 heterocycles. The Kier molecular flexibility index (Phi) is 7.09. The van der Waals surface area contributed by atoms with Gasteiger partial charge in [-0.05, 0) is 66.8 Å². The van der Waals surface area contributed by atoms with Gasteiger partial charge in [0.05, 0.1) is 28.5 Å². The number of hydrogen-bond donors (Lipinski definition) is 1. The van der Waals surface area contributed by atoms with Crippen molar-refractivity contribution in [2.24, 2.45) is 5.92 Å². The number of nitrogens with zero attached hydrogens (tertiary/aromatic N) is 2. The van der Waals surface area contributed by atoms with E-state index >= 15 is 0 Å². The van der Waals surface area contributed by atoms with Crippen LogP contribution < -0.4 is 0 Å². The molecule has 1 aliphatic rings. The van der Waals surface area contributed by atoms with Gasteiger partial charge in [-0.25, -0.2) is 9.18 Å². The molecule has 1 amide bonds. The number of carboxylic acids is 1. The second kappa shape index (κ2) is 10.5. The van der Waals surface area contributed by atoms with E-state index in [4.69, 9.17) is 0 Å². The number of carbonyl (C=O) groups excluding carboxylic acids is 2. The predicted octanol–water partition coefficient (Wildman–Crippen LogP) is 6.39. The highest BCUT2D eigenvalue weighted by Gasteiger charge is 2.65. The summed E-state index contributed by atoms with van der Waals surface area (Å²) in [5, 5.41) is 21.9. The monoisotopic (exact) mass is 552 g/mol. The lowest BCUT2D eigenvalue weighted by atomic mass is 9.71. The molecule has 4 aromatic rings. The predicted molar refractivity (Wildman–Crippen MR) is 149 cm³/mol. The first-order valence-corrected chi connectivity index (χ1v) is 13.5. The van der Waals surface area contributed by atoms with Gasteiger partial charge in [0, 0.05) is 11.5 Å². The second-order valence-electron chi connectivity index (χ2n) is 10.1. The van der Waals surface area contributed by atoms with Crippen LogP contribution in [0.2, 0.25) is 0 Å². The molecule has 3 aromatic carbocycles. The summed E-state index contributed by atoms with van der Waals surface area (Å²) in [7, 11) is 0. The van der Waals surface area contributed by atoms with E-state index in [1.165, 1.54) is 47.4 Å². The number of likely N-dealkylation sites (tertiary alicyclic amines) is 1. The Morgan fingerprint density at radius 3 is 2.23 bits per heavy atom. The van der Waals surface area contributed by atoms with Crippen molar-refractivity contribution >= 4 is 29.0 Å². The molecule has 4 unspecified atom stereocenters. The van der Waals surface area contributed by atoms with Gasteiger partial charge < -0.3 is 10.0 Å². The maximum Gasteiger partial charge on any atom is 0.330 e. The minimum absolute atomic E-state index is 0.327. The van der Waals surface area contributed by atoms with Crippen molar-refractivity contribution in [3.05, 3.63) is 129 Å². The zero-order valence-electron chi connectivity index (χ0n) is 21.7. The summed E-state index contributed by atoms with van der Waals surface area (Å²) in [4.78, 5) is 43.5. The van der Waals surface area contributed by atoms with Gasteiger partial charge >= 0.3 is 5.97 Å². The largest absolute Gasteiger partial charge is 0.479 e. The van der Waals surface area contributed by atoms with Crippen LogP contribution in [0.25, 0.3) is 0 Å². The number of rotatable bonds is 6. The number of ketones is 1. The zero-order valence-corrected chi connectivity index (χ0v) is 22.6. The Balaban J connectivity index is 1.83. The molecule has 200 valence electrons. The Morgan fingerprint density at radius 2 is 1.65 bits per heavy atom. The van der Waals surface area contributed by atoms with Gasteiger partial charge in [-0.3, -0.25) is 9.59 Å². The van der Waals surface area contributed by atoms with E-state index < -0.39 is 41.1 Å². The van der Waals surface area contributed by atoms with Gasteiger partial charge in [0.25, 0.3) is 5.91 Å². The number of aliphatic carboxylic acids is 1. The fraction of sp³-hybridized carbons (Fsp3) is 0.188. The minimum Gasteiger partial charge on any atom is -0.479 e. The van der Waals surface area contributed by atoms with E-state index in [2.05, 4.69) is 6.07 Å². The molecule has 1 fully saturated rings. The van der Waals surface area contributed by atoms with E-state index in [1.54, 1.807) is 60.0 Å². The molecule has 4 atom stereocenters. The van der Waals surface area contributed by atoms with Crippen LogP contribution in [0.1, 0.15) is 61.2 Å². The average Bonchev–Trinajstić information content (AvgIpc) is 3.59. The van der Waals surface area contributed by atoms with Crippen molar-refractivity contribution in [2.75, 3.05) is 0 Å². The highest BCUT2D eigenvalue weighted by molar-refractivity contribution is 7.12. The van der Waals surface area contributed by atoms with E-state index in [0.29, 0.717) is 27.1 Å². The molecule has 5 rings (SSSR count). The summed E-state index contributed by atoms with van der Waals surface area (Å²) in [6.07, 6.45) is 0. The average molecular weight is 553 g/mol. The minimum atomic E-state index is -1.89. The molecule has 1 saturated heterocycles. The maximum atomic E-state index is 14.5. The molecule has 6 nitrogen and oxygen atoms in total. The van der Waals surface area contributed by atoms with Crippen LogP contribution in [0.5, 0.6) is 0 Å². The maximum absolute atomic E-state index is 14.5. The van der Waals surface area contributed by atoms with Crippen molar-refractivity contribution < 1.29 is 23.9 Å². The van der Waals surface area contributed by atoms with Crippen LogP contribution in [-0.2, 0) is 4.79 Å². The SMILES string of the molecule is Cc1cccc(C(=O)C2C(c3ccc(C#N)cc3)N(C(=O)c3cccs3)C(C)(C(=O)O)C2c2ccc(F)cc2)c1. The number of aryl methyl sites for hydroxylation is 1. The number of carbonyl (C=O) groups is 3. The third-order valence-corrected chi connectivity index (χ3v) is 8.54. The van der Waals surface area contributed by atoms with Crippen LogP contribution in [0.3, 0.4) is 0 Å². The Hall–Kier alpha value is -4.61. The van der Waals surface area contributed by atoms with Crippen LogP contribution in [0.4, 0.5) is 4.39 Å². The van der Waals surface area contributed by atoms with Crippen LogP contribution >= 0.6 is 11.3 Å². The summed E-state index contributed by atoms with van der Waals surface area (Å²) < 4.78 is 14.0. The quantitative estimate of drug-likeness (QED) is 0.280. The van der Waals surface area contributed by atoms with Crippen LogP contribution in [0, 0.1) is 30.0 Å². The summed E-state index contributed by atoms with van der Waals surface area (Å²) in [5.41, 5.74) is 0.681. The molecule has 0 aliphatic carbocycles. The topological polar surface area (TPSA) is 98.5 Å². The first kappa shape index (κ1) is 27.0. The molecule has 1 aliphatic heterocycles. The van der Waals surface area contributed by atoms with Gasteiger partial charge in [-0.1, -0.05) is 54.1 Å². The fourth-order valence-corrected chi connectivity index (χ4v) is 6.48. The van der Waals surface area contributed by atoms with Crippen molar-refractivity contribution in [1.82, 2.24) is 4.90 Å². The number of benzene rings is 3. The molecule has 1 N–H and O–H groups in total. The number of nitriles is 1. The number of Topliss-reactive ketones (excluding diaryl/α,β-unsaturated/α-hetero) is 1. The molecule has 8 heteroatoms. The number of hydrogen-bond acceptors (Lipinski definition) is 5. The van der Waals surface area contributed by atoms with Crippen molar-refractivity contribution in [3.63, 3.8) is 0 Å². The van der Waals surface area contributed by atoms with Crippen LogP contribution in [0.15, 0.2) is 90.3 Å². The van der Waals surface area contributed by atoms with E-state index in [9.17, 15) is 29.1 Å². The first-order chi connectivity index (χ1) is 19.2. The first-order valence-electron chi connectivity index (χ1n) is 12.6. The van der Waals surface area contributed by atoms with Gasteiger partial charge in [-0.15, -0.1) is 11.3 Å².